The summed E-state index contributed by atoms with van der Waals surface area (Å²) in [5, 5.41) is 0. The molecule has 46 heavy (non-hydrogen) atoms. The number of hydrogen-bond acceptors (Lipinski definition) is 1. The maximum Gasteiger partial charge on any atom is 0.161 e. The zero-order valence-corrected chi connectivity index (χ0v) is 26.7. The molecule has 0 bridgehead atoms. The van der Waals surface area contributed by atoms with Crippen LogP contribution in [-0.2, 0) is 12.0 Å². The number of amidine groups is 2. The second-order valence-corrected chi connectivity index (χ2v) is 11.1. The van der Waals surface area contributed by atoms with Gasteiger partial charge in [-0.3, -0.25) is 4.99 Å². The molecular formula is C43H39N3. The Morgan fingerprint density at radius 2 is 1.33 bits per heavy atom. The third kappa shape index (κ3) is 5.41. The van der Waals surface area contributed by atoms with Crippen LogP contribution in [0.25, 0.3) is 11.1 Å². The van der Waals surface area contributed by atoms with Gasteiger partial charge in [0.25, 0.3) is 0 Å². The zero-order valence-electron chi connectivity index (χ0n) is 26.7. The standard InChI is InChI=1S/C43H39N3/c1-8-12-26-37-30(5)31(6)40(43(37)38-27-18-16-24-34(38)35-25-17-19-28-39(35)43)36(21-10-3)42(44-7)46-41(33(11-4)20-9-2)45-29-32-22-14-13-15-23-32/h8-28H,1-4,7,29H2,5-6H3/b26-12-,33-20+,36-21+,45-41?,46-42?. The molecule has 3 aromatic carbocycles. The quantitative estimate of drug-likeness (QED) is 0.127. The van der Waals surface area contributed by atoms with Crippen molar-refractivity contribution in [2.24, 2.45) is 15.0 Å². The minimum Gasteiger partial charge on any atom is -0.261 e. The molecule has 0 N–H and O–H groups in total. The molecule has 2 aliphatic rings. The molecule has 0 fully saturated rings. The molecule has 2 aliphatic carbocycles. The van der Waals surface area contributed by atoms with Crippen molar-refractivity contribution in [2.45, 2.75) is 25.8 Å². The summed E-state index contributed by atoms with van der Waals surface area (Å²) in [5.41, 5.74) is 11.4. The number of hydrogen-bond donors (Lipinski definition) is 0. The predicted molar refractivity (Wildman–Crippen MR) is 199 cm³/mol. The summed E-state index contributed by atoms with van der Waals surface area (Å²) in [4.78, 5) is 14.6. The van der Waals surface area contributed by atoms with E-state index in [2.05, 4.69) is 106 Å². The van der Waals surface area contributed by atoms with Crippen LogP contribution in [0.1, 0.15) is 30.5 Å². The van der Waals surface area contributed by atoms with Gasteiger partial charge in [0, 0.05) is 11.1 Å². The number of benzene rings is 3. The van der Waals surface area contributed by atoms with Gasteiger partial charge in [0.2, 0.25) is 0 Å². The highest BCUT2D eigenvalue weighted by atomic mass is 15.0. The fourth-order valence-corrected chi connectivity index (χ4v) is 6.67. The van der Waals surface area contributed by atoms with E-state index in [0.717, 1.165) is 27.9 Å². The normalized spacial score (nSPS) is 16.1. The van der Waals surface area contributed by atoms with Gasteiger partial charge in [-0.1, -0.05) is 154 Å². The second-order valence-electron chi connectivity index (χ2n) is 11.1. The molecule has 5 rings (SSSR count). The van der Waals surface area contributed by atoms with E-state index in [1.54, 1.807) is 18.2 Å². The number of fused-ring (bicyclic) bond motifs is 5. The molecule has 0 aliphatic heterocycles. The van der Waals surface area contributed by atoms with E-state index in [1.807, 2.05) is 54.6 Å². The van der Waals surface area contributed by atoms with E-state index in [-0.39, 0.29) is 0 Å². The summed E-state index contributed by atoms with van der Waals surface area (Å²) >= 11 is 0. The van der Waals surface area contributed by atoms with Gasteiger partial charge in [0.15, 0.2) is 11.7 Å². The summed E-state index contributed by atoms with van der Waals surface area (Å²) in [6, 6.07) is 27.4. The molecule has 0 radical (unpaired) electrons. The Morgan fingerprint density at radius 3 is 1.89 bits per heavy atom. The number of allylic oxidation sites excluding steroid dienone is 10. The molecule has 226 valence electrons. The molecule has 0 heterocycles. The van der Waals surface area contributed by atoms with Crippen molar-refractivity contribution in [2.75, 3.05) is 0 Å². The first-order valence-corrected chi connectivity index (χ1v) is 15.3. The number of rotatable bonds is 10. The van der Waals surface area contributed by atoms with Crippen molar-refractivity contribution >= 4 is 18.4 Å². The molecule has 0 saturated heterocycles. The van der Waals surface area contributed by atoms with Crippen LogP contribution in [0.3, 0.4) is 0 Å². The lowest BCUT2D eigenvalue weighted by molar-refractivity contribution is 0.771. The van der Waals surface area contributed by atoms with Crippen molar-refractivity contribution in [3.63, 3.8) is 0 Å². The Labute approximate surface area is 273 Å². The fraction of sp³-hybridized carbons (Fsp3) is 0.0930. The topological polar surface area (TPSA) is 37.1 Å². The van der Waals surface area contributed by atoms with Crippen molar-refractivity contribution < 1.29 is 0 Å². The highest BCUT2D eigenvalue weighted by Gasteiger charge is 2.53. The van der Waals surface area contributed by atoms with Crippen LogP contribution in [-0.4, -0.2) is 18.4 Å². The lowest BCUT2D eigenvalue weighted by Gasteiger charge is -2.35. The SMILES string of the molecule is C=C/C=C\C1=C(C)C(C)=C(/C(=C\C=C)C(N=C)=NC(=NCc2ccccc2)/C(C=C)=C/C=C)C12c1ccccc1-c1ccccc12. The molecule has 0 saturated carbocycles. The molecule has 3 aromatic rings. The van der Waals surface area contributed by atoms with Crippen molar-refractivity contribution in [1.82, 2.24) is 0 Å². The van der Waals surface area contributed by atoms with Gasteiger partial charge < -0.3 is 0 Å². The van der Waals surface area contributed by atoms with Crippen molar-refractivity contribution in [3.8, 4) is 11.1 Å². The van der Waals surface area contributed by atoms with Crippen LogP contribution in [0, 0.1) is 0 Å². The van der Waals surface area contributed by atoms with Gasteiger partial charge in [-0.2, -0.15) is 0 Å². The lowest BCUT2D eigenvalue weighted by Crippen LogP contribution is -2.30. The second kappa shape index (κ2) is 14.0. The average molecular weight is 598 g/mol. The highest BCUT2D eigenvalue weighted by Crippen LogP contribution is 2.63. The zero-order chi connectivity index (χ0) is 32.7. The molecule has 1 spiro atoms. The first-order valence-electron chi connectivity index (χ1n) is 15.3. The van der Waals surface area contributed by atoms with Gasteiger partial charge in [-0.05, 0) is 70.7 Å². The Hall–Kier alpha value is -5.67. The highest BCUT2D eigenvalue weighted by molar-refractivity contribution is 6.16. The molecule has 3 nitrogen and oxygen atoms in total. The summed E-state index contributed by atoms with van der Waals surface area (Å²) in [6.45, 7) is 24.9. The molecule has 0 aromatic heterocycles. The summed E-state index contributed by atoms with van der Waals surface area (Å²) < 4.78 is 0. The Kier molecular flexibility index (Phi) is 9.64. The molecule has 3 heteroatoms. The van der Waals surface area contributed by atoms with Crippen LogP contribution < -0.4 is 0 Å². The van der Waals surface area contributed by atoms with E-state index in [4.69, 9.17) is 9.98 Å². The van der Waals surface area contributed by atoms with Crippen LogP contribution in [0.15, 0.2) is 202 Å². The number of aliphatic imine (C=N–C) groups is 3. The van der Waals surface area contributed by atoms with Crippen LogP contribution in [0.4, 0.5) is 0 Å². The Morgan fingerprint density at radius 1 is 0.717 bits per heavy atom. The van der Waals surface area contributed by atoms with Crippen molar-refractivity contribution in [3.05, 3.63) is 204 Å². The third-order valence-corrected chi connectivity index (χ3v) is 8.66. The van der Waals surface area contributed by atoms with Gasteiger partial charge in [0.05, 0.1) is 12.0 Å². The van der Waals surface area contributed by atoms with Crippen LogP contribution in [0.2, 0.25) is 0 Å². The number of nitrogens with zero attached hydrogens (tertiary/aromatic N) is 3. The first kappa shape index (κ1) is 31.7. The molecular weight excluding hydrogens is 558 g/mol. The summed E-state index contributed by atoms with van der Waals surface area (Å²) in [5.74, 6) is 0.936. The summed E-state index contributed by atoms with van der Waals surface area (Å²) in [6.07, 6.45) is 15.1. The van der Waals surface area contributed by atoms with Gasteiger partial charge in [-0.15, -0.1) is 0 Å². The minimum absolute atomic E-state index is 0.441. The third-order valence-electron chi connectivity index (χ3n) is 8.66. The van der Waals surface area contributed by atoms with E-state index < -0.39 is 5.41 Å². The largest absolute Gasteiger partial charge is 0.261 e. The predicted octanol–water partition coefficient (Wildman–Crippen LogP) is 10.5. The first-order chi connectivity index (χ1) is 22.5. The Balaban J connectivity index is 1.81. The van der Waals surface area contributed by atoms with Gasteiger partial charge >= 0.3 is 0 Å². The molecule has 0 amide bonds. The van der Waals surface area contributed by atoms with E-state index in [1.165, 1.54) is 33.4 Å². The summed E-state index contributed by atoms with van der Waals surface area (Å²) in [7, 11) is 0. The smallest absolute Gasteiger partial charge is 0.161 e. The van der Waals surface area contributed by atoms with Gasteiger partial charge in [0.1, 0.15) is 0 Å². The van der Waals surface area contributed by atoms with Crippen LogP contribution >= 0.6 is 0 Å². The fourth-order valence-electron chi connectivity index (χ4n) is 6.67. The van der Waals surface area contributed by atoms with E-state index >= 15 is 0 Å². The molecule has 0 unspecified atom stereocenters. The van der Waals surface area contributed by atoms with E-state index in [0.29, 0.717) is 18.2 Å². The van der Waals surface area contributed by atoms with E-state index in [9.17, 15) is 0 Å². The minimum atomic E-state index is -0.624. The Bertz CT molecular complexity index is 1910. The van der Waals surface area contributed by atoms with Crippen LogP contribution in [0.5, 0.6) is 0 Å². The average Bonchev–Trinajstić information content (AvgIpc) is 3.50. The lowest BCUT2D eigenvalue weighted by atomic mass is 9.66. The maximum absolute atomic E-state index is 5.12. The maximum atomic E-state index is 5.12. The monoisotopic (exact) mass is 597 g/mol. The van der Waals surface area contributed by atoms with Gasteiger partial charge in [-0.25, -0.2) is 9.98 Å². The van der Waals surface area contributed by atoms with Crippen molar-refractivity contribution in [1.29, 1.82) is 0 Å². The molecule has 0 atom stereocenters.